The molecule has 40 heavy (non-hydrogen) atoms. The molecular formula is C24H26F8N6O2. The Balaban J connectivity index is 0.000000222. The first-order valence-electron chi connectivity index (χ1n) is 11.8. The minimum Gasteiger partial charge on any atom is -0.463 e. The van der Waals surface area contributed by atoms with Gasteiger partial charge in [-0.3, -0.25) is 0 Å². The number of halogens is 8. The Hall–Kier alpha value is -3.98. The largest absolute Gasteiger partial charge is 0.463 e. The average Bonchev–Trinajstić information content (AvgIpc) is 3.47. The van der Waals surface area contributed by atoms with E-state index in [1.54, 1.807) is 11.8 Å². The van der Waals surface area contributed by atoms with Crippen LogP contribution >= 0.6 is 0 Å². The van der Waals surface area contributed by atoms with Crippen molar-refractivity contribution in [2.75, 3.05) is 43.1 Å². The van der Waals surface area contributed by atoms with Gasteiger partial charge in [0.05, 0.1) is 11.1 Å². The third kappa shape index (κ3) is 8.51. The van der Waals surface area contributed by atoms with Gasteiger partial charge in [-0.05, 0) is 43.3 Å². The maximum absolute atomic E-state index is 13.4. The molecule has 0 bridgehead atoms. The maximum atomic E-state index is 13.4. The molecule has 2 heterocycles. The van der Waals surface area contributed by atoms with E-state index < -0.39 is 35.1 Å². The molecule has 2 atom stereocenters. The fourth-order valence-electron chi connectivity index (χ4n) is 3.75. The Labute approximate surface area is 223 Å². The second-order valence-electron chi connectivity index (χ2n) is 8.67. The molecule has 4 rings (SSSR count). The molecule has 0 fully saturated rings. The number of nitrogens with two attached hydrogens (primary N) is 2. The number of ether oxygens (including phenoxy) is 2. The normalized spacial score (nSPS) is 18.6. The van der Waals surface area contributed by atoms with Crippen molar-refractivity contribution in [1.29, 1.82) is 0 Å². The Morgan fingerprint density at radius 1 is 0.900 bits per heavy atom. The first-order valence-corrected chi connectivity index (χ1v) is 11.8. The highest BCUT2D eigenvalue weighted by Crippen LogP contribution is 2.33. The summed E-state index contributed by atoms with van der Waals surface area (Å²) in [6, 6.07) is 4.76. The van der Waals surface area contributed by atoms with Crippen molar-refractivity contribution < 1.29 is 44.6 Å². The molecule has 16 heteroatoms. The molecule has 0 aliphatic carbocycles. The van der Waals surface area contributed by atoms with Crippen LogP contribution in [0.2, 0.25) is 0 Å². The number of amidine groups is 2. The second kappa shape index (κ2) is 12.5. The summed E-state index contributed by atoms with van der Waals surface area (Å²) in [7, 11) is 0. The molecule has 0 radical (unpaired) electrons. The third-order valence-corrected chi connectivity index (χ3v) is 5.67. The molecule has 2 aromatic rings. The van der Waals surface area contributed by atoms with E-state index in [0.29, 0.717) is 38.4 Å². The molecule has 0 amide bonds. The quantitative estimate of drug-likeness (QED) is 0.419. The first kappa shape index (κ1) is 30.6. The van der Waals surface area contributed by atoms with Gasteiger partial charge in [0.25, 0.3) is 12.0 Å². The smallest absolute Gasteiger partial charge is 0.419 e. The number of benzene rings is 2. The molecule has 2 aliphatic heterocycles. The predicted octanol–water partition coefficient (Wildman–Crippen LogP) is 4.35. The minimum atomic E-state index is -4.69. The van der Waals surface area contributed by atoms with E-state index in [2.05, 4.69) is 15.3 Å². The second-order valence-corrected chi connectivity index (χ2v) is 8.67. The first-order chi connectivity index (χ1) is 18.7. The molecule has 0 aromatic heterocycles. The molecule has 8 nitrogen and oxygen atoms in total. The highest BCUT2D eigenvalue weighted by atomic mass is 19.4. The fraction of sp³-hybridized carbons (Fsp3) is 0.417. The monoisotopic (exact) mass is 582 g/mol. The van der Waals surface area contributed by atoms with Gasteiger partial charge in [-0.25, -0.2) is 18.8 Å². The zero-order valence-corrected chi connectivity index (χ0v) is 21.0. The Kier molecular flexibility index (Phi) is 9.52. The fourth-order valence-corrected chi connectivity index (χ4v) is 3.75. The summed E-state index contributed by atoms with van der Waals surface area (Å²) in [5, 5.41) is 2.78. The van der Waals surface area contributed by atoms with E-state index in [0.717, 1.165) is 24.3 Å². The summed E-state index contributed by atoms with van der Waals surface area (Å²) >= 11 is 0. The predicted molar refractivity (Wildman–Crippen MR) is 132 cm³/mol. The van der Waals surface area contributed by atoms with Gasteiger partial charge in [0.2, 0.25) is 0 Å². The van der Waals surface area contributed by atoms with Crippen LogP contribution in [0.3, 0.4) is 0 Å². The van der Waals surface area contributed by atoms with E-state index in [9.17, 15) is 35.1 Å². The molecule has 0 saturated heterocycles. The lowest BCUT2D eigenvalue weighted by atomic mass is 10.1. The topological polar surface area (TPSA) is 110 Å². The highest BCUT2D eigenvalue weighted by molar-refractivity contribution is 5.73. The summed E-state index contributed by atoms with van der Waals surface area (Å²) in [6.45, 7) is 3.34. The van der Waals surface area contributed by atoms with Crippen LogP contribution in [0.4, 0.5) is 46.5 Å². The van der Waals surface area contributed by atoms with Crippen molar-refractivity contribution in [2.24, 2.45) is 21.5 Å². The van der Waals surface area contributed by atoms with Crippen LogP contribution in [0.5, 0.6) is 0 Å². The van der Waals surface area contributed by atoms with Crippen molar-refractivity contribution in [2.45, 2.75) is 31.4 Å². The van der Waals surface area contributed by atoms with E-state index in [4.69, 9.17) is 20.9 Å². The number of hydrogen-bond acceptors (Lipinski definition) is 8. The SMILES string of the molecule is CCN(C[C@H]1COC(N)=N1)c1cc(F)cc(C(F)(F)F)c1.NC1=N[C@@H](CNc2ccc(C(F)(F)F)c(F)c2)CO1. The number of rotatable bonds is 7. The highest BCUT2D eigenvalue weighted by Gasteiger charge is 2.34. The van der Waals surface area contributed by atoms with Gasteiger partial charge < -0.3 is 31.2 Å². The lowest BCUT2D eigenvalue weighted by molar-refractivity contribution is -0.140. The van der Waals surface area contributed by atoms with Crippen molar-refractivity contribution in [1.82, 2.24) is 0 Å². The van der Waals surface area contributed by atoms with Crippen LogP contribution in [-0.2, 0) is 21.8 Å². The minimum absolute atomic E-state index is 0.0614. The molecule has 220 valence electrons. The zero-order valence-electron chi connectivity index (χ0n) is 21.0. The van der Waals surface area contributed by atoms with Crippen LogP contribution in [0, 0.1) is 11.6 Å². The summed E-state index contributed by atoms with van der Waals surface area (Å²) < 4.78 is 112. The van der Waals surface area contributed by atoms with Crippen molar-refractivity contribution in [3.8, 4) is 0 Å². The standard InChI is InChI=1S/C13H15F4N3O.C11H11F4N3O/c1-2-20(6-10-7-21-12(18)19-10)11-4-8(13(15,16)17)3-9(14)5-11;12-9-3-6(1-2-8(9)11(13,14)15)17-4-7-5-19-10(16)18-7/h3-5,10H,2,6-7H2,1H3,(H2,18,19);1-3,7,17H,4-5H2,(H2,16,18)/t10-;7-/m00/s1. The van der Waals surface area contributed by atoms with Crippen LogP contribution in [0.1, 0.15) is 18.1 Å². The van der Waals surface area contributed by atoms with E-state index in [1.165, 1.54) is 0 Å². The number of aliphatic imine (C=N–C) groups is 2. The zero-order chi connectivity index (χ0) is 29.7. The van der Waals surface area contributed by atoms with Gasteiger partial charge in [-0.15, -0.1) is 0 Å². The lowest BCUT2D eigenvalue weighted by Gasteiger charge is -2.25. The van der Waals surface area contributed by atoms with Crippen molar-refractivity contribution in [3.63, 3.8) is 0 Å². The Morgan fingerprint density at radius 3 is 2.02 bits per heavy atom. The summed E-state index contributed by atoms with van der Waals surface area (Å²) in [4.78, 5) is 9.53. The molecule has 0 saturated carbocycles. The lowest BCUT2D eigenvalue weighted by Crippen LogP contribution is -2.32. The van der Waals surface area contributed by atoms with Crippen LogP contribution in [-0.4, -0.2) is 57.0 Å². The maximum Gasteiger partial charge on any atom is 0.419 e. The van der Waals surface area contributed by atoms with Gasteiger partial charge in [0, 0.05) is 31.0 Å². The van der Waals surface area contributed by atoms with Gasteiger partial charge in [-0.1, -0.05) is 0 Å². The van der Waals surface area contributed by atoms with Crippen LogP contribution in [0.25, 0.3) is 0 Å². The molecule has 2 aliphatic rings. The third-order valence-electron chi connectivity index (χ3n) is 5.67. The summed E-state index contributed by atoms with van der Waals surface area (Å²) in [6.07, 6.45) is -9.28. The van der Waals surface area contributed by atoms with Crippen molar-refractivity contribution >= 4 is 23.4 Å². The Morgan fingerprint density at radius 2 is 1.52 bits per heavy atom. The number of likely N-dealkylation sites (N-methyl/N-ethyl adjacent to an activating group) is 1. The van der Waals surface area contributed by atoms with Gasteiger partial charge in [-0.2, -0.15) is 26.3 Å². The van der Waals surface area contributed by atoms with Crippen molar-refractivity contribution in [3.05, 3.63) is 59.2 Å². The molecule has 0 unspecified atom stereocenters. The molecular weight excluding hydrogens is 556 g/mol. The Bertz CT molecular complexity index is 1230. The van der Waals surface area contributed by atoms with E-state index >= 15 is 0 Å². The number of anilines is 2. The molecule has 5 N–H and O–H groups in total. The number of nitrogens with zero attached hydrogens (tertiary/aromatic N) is 3. The van der Waals surface area contributed by atoms with Gasteiger partial charge in [0.1, 0.15) is 36.9 Å². The number of nitrogens with one attached hydrogen (secondary N) is 1. The summed E-state index contributed by atoms with van der Waals surface area (Å²) in [5.41, 5.74) is 8.79. The van der Waals surface area contributed by atoms with E-state index in [1.807, 2.05) is 0 Å². The average molecular weight is 582 g/mol. The van der Waals surface area contributed by atoms with Crippen LogP contribution < -0.4 is 21.7 Å². The van der Waals surface area contributed by atoms with E-state index in [-0.39, 0.29) is 42.1 Å². The number of alkyl halides is 6. The van der Waals surface area contributed by atoms with Gasteiger partial charge in [0.15, 0.2) is 0 Å². The molecule has 0 spiro atoms. The number of hydrogen-bond donors (Lipinski definition) is 3. The summed E-state index contributed by atoms with van der Waals surface area (Å²) in [5.74, 6) is -2.24. The van der Waals surface area contributed by atoms with Gasteiger partial charge >= 0.3 is 12.4 Å². The van der Waals surface area contributed by atoms with Crippen LogP contribution in [0.15, 0.2) is 46.4 Å². The molecule has 2 aromatic carbocycles.